The fraction of sp³-hybridized carbons (Fsp3) is 0.421. The van der Waals surface area contributed by atoms with Gasteiger partial charge in [0, 0.05) is 18.8 Å². The number of benzene rings is 1. The molecule has 7 heteroatoms. The maximum absolute atomic E-state index is 13.0. The molecule has 2 heterocycles. The zero-order valence-corrected chi connectivity index (χ0v) is 16.0. The average Bonchev–Trinajstić information content (AvgIpc) is 3.06. The number of fused-ring (bicyclic) bond motifs is 1. The predicted molar refractivity (Wildman–Crippen MR) is 108 cm³/mol. The molecule has 138 valence electrons. The molecule has 1 N–H and O–H groups in total. The topological polar surface area (TPSA) is 68.9 Å². The first kappa shape index (κ1) is 18.4. The summed E-state index contributed by atoms with van der Waals surface area (Å²) in [6, 6.07) is 9.68. The first-order chi connectivity index (χ1) is 12.7. The molecule has 0 radical (unpaired) electrons. The van der Waals surface area contributed by atoms with Crippen LogP contribution < -0.4 is 16.6 Å². The maximum atomic E-state index is 13.0. The van der Waals surface area contributed by atoms with Gasteiger partial charge in [-0.25, -0.2) is 4.79 Å². The number of aryl methyl sites for hydroxylation is 1. The van der Waals surface area contributed by atoms with Crippen molar-refractivity contribution < 1.29 is 0 Å². The van der Waals surface area contributed by atoms with Crippen LogP contribution in [0.25, 0.3) is 11.0 Å². The van der Waals surface area contributed by atoms with E-state index in [-0.39, 0.29) is 11.2 Å². The van der Waals surface area contributed by atoms with Crippen LogP contribution in [-0.2, 0) is 13.1 Å². The van der Waals surface area contributed by atoms with Crippen LogP contribution in [0.15, 0.2) is 39.9 Å². The predicted octanol–water partition coefficient (Wildman–Crippen LogP) is 3.96. The normalized spacial score (nSPS) is 11.2. The Kier molecular flexibility index (Phi) is 5.88. The van der Waals surface area contributed by atoms with Gasteiger partial charge in [-0.2, -0.15) is 4.37 Å². The summed E-state index contributed by atoms with van der Waals surface area (Å²) in [5.74, 6) is 0. The monoisotopic (exact) mass is 372 g/mol. The highest BCUT2D eigenvalue weighted by atomic mass is 32.1. The molecule has 0 atom stereocenters. The van der Waals surface area contributed by atoms with E-state index in [2.05, 4.69) is 16.6 Å². The van der Waals surface area contributed by atoms with Crippen molar-refractivity contribution in [2.45, 2.75) is 52.6 Å². The Bertz CT molecular complexity index is 988. The molecule has 0 unspecified atom stereocenters. The lowest BCUT2D eigenvalue weighted by Gasteiger charge is -2.11. The summed E-state index contributed by atoms with van der Waals surface area (Å²) in [7, 11) is 0. The SMILES string of the molecule is CCCCn1c(=O)c2c(Nc3ccccc3)snc2n(CCCC)c1=O. The molecule has 0 aliphatic carbocycles. The Morgan fingerprint density at radius 1 is 1.00 bits per heavy atom. The molecule has 3 rings (SSSR count). The van der Waals surface area contributed by atoms with Crippen molar-refractivity contribution in [2.24, 2.45) is 0 Å². The zero-order chi connectivity index (χ0) is 18.5. The van der Waals surface area contributed by atoms with Gasteiger partial charge in [0.1, 0.15) is 10.4 Å². The van der Waals surface area contributed by atoms with Crippen molar-refractivity contribution in [2.75, 3.05) is 5.32 Å². The lowest BCUT2D eigenvalue weighted by molar-refractivity contribution is 0.531. The fourth-order valence-electron chi connectivity index (χ4n) is 2.89. The van der Waals surface area contributed by atoms with Crippen LogP contribution >= 0.6 is 11.5 Å². The Morgan fingerprint density at radius 3 is 2.31 bits per heavy atom. The second kappa shape index (κ2) is 8.31. The van der Waals surface area contributed by atoms with E-state index in [1.807, 2.05) is 37.3 Å². The molecule has 2 aromatic heterocycles. The first-order valence-electron chi connectivity index (χ1n) is 9.12. The Hall–Kier alpha value is -2.41. The summed E-state index contributed by atoms with van der Waals surface area (Å²) in [5.41, 5.74) is 0.882. The Balaban J connectivity index is 2.16. The molecular formula is C19H24N4O2S. The van der Waals surface area contributed by atoms with E-state index in [4.69, 9.17) is 0 Å². The highest BCUT2D eigenvalue weighted by Gasteiger charge is 2.19. The number of para-hydroxylation sites is 1. The number of nitrogens with one attached hydrogen (secondary N) is 1. The van der Waals surface area contributed by atoms with E-state index in [1.165, 1.54) is 16.1 Å². The minimum atomic E-state index is -0.252. The maximum Gasteiger partial charge on any atom is 0.332 e. The summed E-state index contributed by atoms with van der Waals surface area (Å²) in [6.45, 7) is 5.15. The average molecular weight is 372 g/mol. The van der Waals surface area contributed by atoms with Crippen molar-refractivity contribution in [3.05, 3.63) is 51.2 Å². The van der Waals surface area contributed by atoms with Crippen LogP contribution in [0, 0.1) is 0 Å². The third-order valence-electron chi connectivity index (χ3n) is 4.35. The molecule has 0 spiro atoms. The molecule has 0 saturated carbocycles. The van der Waals surface area contributed by atoms with Crippen LogP contribution in [-0.4, -0.2) is 13.5 Å². The molecule has 0 saturated heterocycles. The first-order valence-corrected chi connectivity index (χ1v) is 9.89. The lowest BCUT2D eigenvalue weighted by atomic mass is 10.3. The highest BCUT2D eigenvalue weighted by molar-refractivity contribution is 7.11. The number of rotatable bonds is 8. The largest absolute Gasteiger partial charge is 0.345 e. The number of aromatic nitrogens is 3. The summed E-state index contributed by atoms with van der Waals surface area (Å²) in [6.07, 6.45) is 3.57. The van der Waals surface area contributed by atoms with Gasteiger partial charge in [0.05, 0.1) is 0 Å². The van der Waals surface area contributed by atoms with Gasteiger partial charge in [0.25, 0.3) is 5.56 Å². The molecule has 0 aliphatic rings. The van der Waals surface area contributed by atoms with Crippen LogP contribution in [0.5, 0.6) is 0 Å². The third kappa shape index (κ3) is 3.58. The highest BCUT2D eigenvalue weighted by Crippen LogP contribution is 2.27. The molecule has 1 aromatic carbocycles. The van der Waals surface area contributed by atoms with E-state index >= 15 is 0 Å². The number of unbranched alkanes of at least 4 members (excludes halogenated alkanes) is 2. The minimum Gasteiger partial charge on any atom is -0.345 e. The quantitative estimate of drug-likeness (QED) is 0.650. The molecule has 0 amide bonds. The molecule has 0 aliphatic heterocycles. The third-order valence-corrected chi connectivity index (χ3v) is 5.11. The fourth-order valence-corrected chi connectivity index (χ4v) is 3.69. The van der Waals surface area contributed by atoms with Gasteiger partial charge < -0.3 is 5.32 Å². The summed E-state index contributed by atoms with van der Waals surface area (Å²) < 4.78 is 7.46. The number of hydrogen-bond acceptors (Lipinski definition) is 5. The number of anilines is 2. The summed E-state index contributed by atoms with van der Waals surface area (Å²) in [4.78, 5) is 25.9. The van der Waals surface area contributed by atoms with Crippen molar-refractivity contribution >= 4 is 33.3 Å². The van der Waals surface area contributed by atoms with Crippen LogP contribution in [0.3, 0.4) is 0 Å². The minimum absolute atomic E-state index is 0.249. The molecule has 26 heavy (non-hydrogen) atoms. The van der Waals surface area contributed by atoms with Gasteiger partial charge in [-0.15, -0.1) is 0 Å². The van der Waals surface area contributed by atoms with Gasteiger partial charge in [0.2, 0.25) is 0 Å². The molecule has 0 bridgehead atoms. The van der Waals surface area contributed by atoms with E-state index < -0.39 is 0 Å². The van der Waals surface area contributed by atoms with E-state index in [9.17, 15) is 9.59 Å². The van der Waals surface area contributed by atoms with Gasteiger partial charge in [-0.1, -0.05) is 44.9 Å². The van der Waals surface area contributed by atoms with Gasteiger partial charge in [-0.3, -0.25) is 13.9 Å². The zero-order valence-electron chi connectivity index (χ0n) is 15.2. The number of hydrogen-bond donors (Lipinski definition) is 1. The van der Waals surface area contributed by atoms with Gasteiger partial charge >= 0.3 is 5.69 Å². The van der Waals surface area contributed by atoms with Crippen molar-refractivity contribution in [3.8, 4) is 0 Å². The second-order valence-electron chi connectivity index (χ2n) is 6.30. The Labute approximate surface area is 156 Å². The van der Waals surface area contributed by atoms with Crippen LogP contribution in [0.2, 0.25) is 0 Å². The molecule has 6 nitrogen and oxygen atoms in total. The summed E-state index contributed by atoms with van der Waals surface area (Å²) in [5, 5.41) is 4.47. The van der Waals surface area contributed by atoms with Crippen LogP contribution in [0.4, 0.5) is 10.7 Å². The Morgan fingerprint density at radius 2 is 1.65 bits per heavy atom. The van der Waals surface area contributed by atoms with Crippen molar-refractivity contribution in [1.29, 1.82) is 0 Å². The smallest absolute Gasteiger partial charge is 0.332 e. The van der Waals surface area contributed by atoms with E-state index in [0.29, 0.717) is 29.1 Å². The molecular weight excluding hydrogens is 348 g/mol. The number of nitrogens with zero attached hydrogens (tertiary/aromatic N) is 3. The molecule has 3 aromatic rings. The summed E-state index contributed by atoms with van der Waals surface area (Å²) >= 11 is 1.23. The molecule has 0 fully saturated rings. The second-order valence-corrected chi connectivity index (χ2v) is 7.07. The van der Waals surface area contributed by atoms with Crippen molar-refractivity contribution in [1.82, 2.24) is 13.5 Å². The van der Waals surface area contributed by atoms with E-state index in [0.717, 1.165) is 31.4 Å². The van der Waals surface area contributed by atoms with Crippen LogP contribution in [0.1, 0.15) is 39.5 Å². The van der Waals surface area contributed by atoms with E-state index in [1.54, 1.807) is 4.57 Å². The van der Waals surface area contributed by atoms with Gasteiger partial charge in [0.15, 0.2) is 5.65 Å². The van der Waals surface area contributed by atoms with Crippen molar-refractivity contribution in [3.63, 3.8) is 0 Å². The standard InChI is InChI=1S/C19H24N4O2S/c1-3-5-12-22-16-15(18(24)23(19(22)25)13-6-4-2)17(26-21-16)20-14-10-8-7-9-11-14/h7-11,20H,3-6,12-13H2,1-2H3. The van der Waals surface area contributed by atoms with Gasteiger partial charge in [-0.05, 0) is 36.5 Å². The lowest BCUT2D eigenvalue weighted by Crippen LogP contribution is -2.40.